The number of carbonyl (C=O) groups is 1. The summed E-state index contributed by atoms with van der Waals surface area (Å²) in [5, 5.41) is 4.19. The van der Waals surface area contributed by atoms with Crippen molar-refractivity contribution < 1.29 is 9.53 Å². The summed E-state index contributed by atoms with van der Waals surface area (Å²) in [5.74, 6) is -0.229. The average molecular weight is 415 g/mol. The highest BCUT2D eigenvalue weighted by Gasteiger charge is 2.19. The fourth-order valence-electron chi connectivity index (χ4n) is 3.80. The number of methoxy groups -OCH3 is 1. The maximum absolute atomic E-state index is 12.9. The number of pyridine rings is 1. The normalized spacial score (nSPS) is 12.0. The van der Waals surface area contributed by atoms with Gasteiger partial charge in [-0.05, 0) is 23.3 Å². The van der Waals surface area contributed by atoms with Crippen LogP contribution in [0.2, 0.25) is 0 Å². The molecule has 0 aliphatic rings. The Kier molecular flexibility index (Phi) is 6.29. The Morgan fingerprint density at radius 2 is 1.84 bits per heavy atom. The summed E-state index contributed by atoms with van der Waals surface area (Å²) >= 11 is 0. The summed E-state index contributed by atoms with van der Waals surface area (Å²) in [6.45, 7) is 1.24. The summed E-state index contributed by atoms with van der Waals surface area (Å²) < 4.78 is 6.54. The molecule has 0 saturated carbocycles. The number of aromatic nitrogens is 2. The zero-order chi connectivity index (χ0) is 21.6. The highest BCUT2D eigenvalue weighted by Crippen LogP contribution is 2.30. The van der Waals surface area contributed by atoms with Crippen LogP contribution in [-0.4, -0.2) is 35.7 Å². The van der Waals surface area contributed by atoms with Crippen LogP contribution in [0, 0.1) is 0 Å². The van der Waals surface area contributed by atoms with Gasteiger partial charge in [0.05, 0.1) is 12.2 Å². The molecule has 0 fully saturated rings. The molecule has 0 spiro atoms. The molecule has 1 atom stereocenters. The monoisotopic (exact) mass is 415 g/mol. The fraction of sp³-hybridized carbons (Fsp3) is 0.200. The van der Waals surface area contributed by atoms with Gasteiger partial charge in [-0.2, -0.15) is 0 Å². The number of hydrogen-bond donors (Lipinski definition) is 2. The van der Waals surface area contributed by atoms with E-state index in [2.05, 4.69) is 28.5 Å². The number of aromatic amines is 1. The number of nitrogens with zero attached hydrogens (tertiary/aromatic N) is 1. The number of benzene rings is 2. The fourth-order valence-corrected chi connectivity index (χ4v) is 3.80. The number of hydrogen-bond acceptors (Lipinski definition) is 3. The maximum Gasteiger partial charge on any atom is 0.252 e. The first-order chi connectivity index (χ1) is 15.2. The molecule has 6 heteroatoms. The molecular formula is C25H25N3O3. The van der Waals surface area contributed by atoms with E-state index in [9.17, 15) is 9.59 Å². The molecule has 0 unspecified atom stereocenters. The molecule has 0 saturated heterocycles. The first-order valence-corrected chi connectivity index (χ1v) is 10.3. The molecule has 2 aromatic carbocycles. The van der Waals surface area contributed by atoms with E-state index >= 15 is 0 Å². The van der Waals surface area contributed by atoms with Crippen molar-refractivity contribution in [1.29, 1.82) is 0 Å². The van der Waals surface area contributed by atoms with Gasteiger partial charge in [-0.3, -0.25) is 9.59 Å². The van der Waals surface area contributed by atoms with Crippen LogP contribution < -0.4 is 10.9 Å². The van der Waals surface area contributed by atoms with Crippen LogP contribution in [0.25, 0.3) is 10.9 Å². The number of rotatable bonds is 8. The number of ether oxygens (including phenoxy) is 1. The molecular weight excluding hydrogens is 390 g/mol. The molecule has 31 heavy (non-hydrogen) atoms. The minimum atomic E-state index is -0.216. The van der Waals surface area contributed by atoms with Gasteiger partial charge in [0.15, 0.2) is 0 Å². The number of fused-ring (bicyclic) bond motifs is 1. The number of para-hydroxylation sites is 1. The minimum absolute atomic E-state index is 0.0132. The average Bonchev–Trinajstić information content (AvgIpc) is 3.23. The second kappa shape index (κ2) is 9.45. The lowest BCUT2D eigenvalue weighted by atomic mass is 9.91. The molecule has 0 aliphatic heterocycles. The van der Waals surface area contributed by atoms with Gasteiger partial charge in [0.1, 0.15) is 0 Å². The van der Waals surface area contributed by atoms with E-state index in [1.165, 1.54) is 10.6 Å². The topological polar surface area (TPSA) is 76.1 Å². The first-order valence-electron chi connectivity index (χ1n) is 10.3. The van der Waals surface area contributed by atoms with Gasteiger partial charge in [0, 0.05) is 55.5 Å². The van der Waals surface area contributed by atoms with Crippen molar-refractivity contribution >= 4 is 16.8 Å². The van der Waals surface area contributed by atoms with Gasteiger partial charge < -0.3 is 19.6 Å². The van der Waals surface area contributed by atoms with Gasteiger partial charge in [-0.1, -0.05) is 48.5 Å². The Bertz CT molecular complexity index is 1230. The van der Waals surface area contributed by atoms with Gasteiger partial charge in [-0.15, -0.1) is 0 Å². The summed E-state index contributed by atoms with van der Waals surface area (Å²) in [5.41, 5.74) is 3.61. The molecule has 2 N–H and O–H groups in total. The molecule has 1 amide bonds. The van der Waals surface area contributed by atoms with Crippen LogP contribution in [0.4, 0.5) is 0 Å². The van der Waals surface area contributed by atoms with Crippen LogP contribution >= 0.6 is 0 Å². The van der Waals surface area contributed by atoms with E-state index in [0.29, 0.717) is 25.3 Å². The van der Waals surface area contributed by atoms with Crippen molar-refractivity contribution in [3.8, 4) is 0 Å². The quantitative estimate of drug-likeness (QED) is 0.462. The molecule has 6 nitrogen and oxygen atoms in total. The van der Waals surface area contributed by atoms with Crippen molar-refractivity contribution in [2.45, 2.75) is 12.5 Å². The summed E-state index contributed by atoms with van der Waals surface area (Å²) in [4.78, 5) is 28.2. The van der Waals surface area contributed by atoms with E-state index in [1.807, 2.05) is 42.6 Å². The van der Waals surface area contributed by atoms with Crippen LogP contribution in [-0.2, 0) is 11.3 Å². The Morgan fingerprint density at radius 3 is 2.65 bits per heavy atom. The van der Waals surface area contributed by atoms with Crippen molar-refractivity contribution in [2.24, 2.45) is 0 Å². The molecule has 0 bridgehead atoms. The molecule has 0 aliphatic carbocycles. The second-order valence-corrected chi connectivity index (χ2v) is 7.41. The predicted octanol–water partition coefficient (Wildman–Crippen LogP) is 3.54. The van der Waals surface area contributed by atoms with Crippen molar-refractivity contribution in [3.63, 3.8) is 0 Å². The second-order valence-electron chi connectivity index (χ2n) is 7.41. The minimum Gasteiger partial charge on any atom is -0.383 e. The van der Waals surface area contributed by atoms with E-state index in [0.717, 1.165) is 22.0 Å². The largest absolute Gasteiger partial charge is 0.383 e. The third kappa shape index (κ3) is 4.59. The van der Waals surface area contributed by atoms with Gasteiger partial charge in [-0.25, -0.2) is 0 Å². The van der Waals surface area contributed by atoms with E-state index in [4.69, 9.17) is 4.74 Å². The third-order valence-corrected chi connectivity index (χ3v) is 5.45. The lowest BCUT2D eigenvalue weighted by molar-refractivity contribution is 0.0951. The SMILES string of the molecule is COCCn1cc(C(=O)NC[C@@H](c2ccccc2)c2c[nH]c3ccccc23)ccc1=O. The summed E-state index contributed by atoms with van der Waals surface area (Å²) in [6.07, 6.45) is 3.60. The van der Waals surface area contributed by atoms with Gasteiger partial charge in [0.2, 0.25) is 0 Å². The van der Waals surface area contributed by atoms with Crippen molar-refractivity contribution in [1.82, 2.24) is 14.9 Å². The Labute approximate surface area is 180 Å². The molecule has 4 rings (SSSR count). The zero-order valence-electron chi connectivity index (χ0n) is 17.4. The number of amides is 1. The highest BCUT2D eigenvalue weighted by atomic mass is 16.5. The standard InChI is InChI=1S/C25H25N3O3/c1-31-14-13-28-17-19(11-12-24(28)29)25(30)27-15-21(18-7-3-2-4-8-18)22-16-26-23-10-6-5-9-20(22)23/h2-12,16-17,21,26H,13-15H2,1H3,(H,27,30)/t21-/m0/s1. The smallest absolute Gasteiger partial charge is 0.252 e. The van der Waals surface area contributed by atoms with Crippen LogP contribution in [0.1, 0.15) is 27.4 Å². The maximum atomic E-state index is 12.9. The molecule has 2 aromatic heterocycles. The van der Waals surface area contributed by atoms with Crippen LogP contribution in [0.3, 0.4) is 0 Å². The van der Waals surface area contributed by atoms with E-state index in [-0.39, 0.29) is 17.4 Å². The van der Waals surface area contributed by atoms with Crippen LogP contribution in [0.15, 0.2) is 83.9 Å². The predicted molar refractivity (Wildman–Crippen MR) is 121 cm³/mol. The lowest BCUT2D eigenvalue weighted by Crippen LogP contribution is -2.30. The Hall–Kier alpha value is -3.64. The Balaban J connectivity index is 1.59. The van der Waals surface area contributed by atoms with E-state index < -0.39 is 0 Å². The van der Waals surface area contributed by atoms with Crippen molar-refractivity contribution in [3.05, 3.63) is 106 Å². The highest BCUT2D eigenvalue weighted by molar-refractivity contribution is 5.94. The third-order valence-electron chi connectivity index (χ3n) is 5.45. The number of nitrogens with one attached hydrogen (secondary N) is 2. The van der Waals surface area contributed by atoms with E-state index in [1.54, 1.807) is 19.4 Å². The zero-order valence-corrected chi connectivity index (χ0v) is 17.4. The molecule has 158 valence electrons. The van der Waals surface area contributed by atoms with Gasteiger partial charge in [0.25, 0.3) is 11.5 Å². The summed E-state index contributed by atoms with van der Waals surface area (Å²) in [6, 6.07) is 21.3. The number of carbonyl (C=O) groups excluding carboxylic acids is 1. The molecule has 4 aromatic rings. The number of H-pyrrole nitrogens is 1. The van der Waals surface area contributed by atoms with Crippen molar-refractivity contribution in [2.75, 3.05) is 20.3 Å². The molecule has 0 radical (unpaired) electrons. The molecule has 2 heterocycles. The Morgan fingerprint density at radius 1 is 1.06 bits per heavy atom. The van der Waals surface area contributed by atoms with Gasteiger partial charge >= 0.3 is 0 Å². The van der Waals surface area contributed by atoms with Crippen LogP contribution in [0.5, 0.6) is 0 Å². The summed E-state index contributed by atoms with van der Waals surface area (Å²) in [7, 11) is 1.58. The lowest BCUT2D eigenvalue weighted by Gasteiger charge is -2.18. The first kappa shape index (κ1) is 20.6.